The third-order valence-corrected chi connectivity index (χ3v) is 10.4. The summed E-state index contributed by atoms with van der Waals surface area (Å²) in [6, 6.07) is 8.75. The summed E-state index contributed by atoms with van der Waals surface area (Å²) in [6.45, 7) is 5.27. The molecule has 0 bridgehead atoms. The molecule has 4 N–H and O–H groups in total. The lowest BCUT2D eigenvalue weighted by molar-refractivity contribution is -0.137. The SMILES string of the molecule is CCc1cccc(CC)c1N(COC)C(=O)CCl.COC(=O)CSc1cc(/N=c2\sc(=O)n3n2CCCC3)c(F)cc1Cl.O=C(O)CNCP(=O)(O)O. The van der Waals surface area contributed by atoms with Gasteiger partial charge in [-0.3, -0.25) is 38.6 Å². The molecular weight excluding hydrogens is 799 g/mol. The number of hydrogen-bond donors (Lipinski definition) is 4. The first-order chi connectivity index (χ1) is 25.1. The van der Waals surface area contributed by atoms with Gasteiger partial charge in [0.15, 0.2) is 0 Å². The highest BCUT2D eigenvalue weighted by atomic mass is 35.5. The van der Waals surface area contributed by atoms with Crippen LogP contribution in [0.25, 0.3) is 0 Å². The van der Waals surface area contributed by atoms with Crippen LogP contribution in [0.1, 0.15) is 37.8 Å². The number of carbonyl (C=O) groups is 3. The molecule has 0 aliphatic carbocycles. The van der Waals surface area contributed by atoms with Gasteiger partial charge in [0, 0.05) is 25.1 Å². The van der Waals surface area contributed by atoms with Crippen LogP contribution >= 0.6 is 53.9 Å². The molecule has 0 radical (unpaired) electrons. The highest BCUT2D eigenvalue weighted by Crippen LogP contribution is 2.33. The Morgan fingerprint density at radius 3 is 2.26 bits per heavy atom. The molecule has 1 amide bonds. The fraction of sp³-hybridized carbons (Fsp3) is 0.469. The summed E-state index contributed by atoms with van der Waals surface area (Å²) < 4.78 is 37.4. The Bertz CT molecular complexity index is 1860. The number of alkyl halides is 1. The number of rotatable bonds is 14. The number of nitrogens with one attached hydrogen (secondary N) is 1. The van der Waals surface area contributed by atoms with Gasteiger partial charge < -0.3 is 24.4 Å². The van der Waals surface area contributed by atoms with E-state index in [1.54, 1.807) is 21.4 Å². The maximum Gasteiger partial charge on any atom is 0.339 e. The second kappa shape index (κ2) is 23.0. The first-order valence-electron chi connectivity index (χ1n) is 16.1. The number of ether oxygens (including phenoxy) is 2. The van der Waals surface area contributed by atoms with E-state index >= 15 is 0 Å². The van der Waals surface area contributed by atoms with Crippen molar-refractivity contribution in [1.29, 1.82) is 0 Å². The zero-order chi connectivity index (χ0) is 39.7. The average molecular weight is 843 g/mol. The summed E-state index contributed by atoms with van der Waals surface area (Å²) in [7, 11) is -1.22. The van der Waals surface area contributed by atoms with E-state index in [1.165, 1.54) is 13.2 Å². The van der Waals surface area contributed by atoms with Gasteiger partial charge in [0.25, 0.3) is 0 Å². The minimum atomic E-state index is -4.10. The number of carboxylic acid groups (broad SMARTS) is 1. The van der Waals surface area contributed by atoms with Crippen molar-refractivity contribution >= 4 is 83.1 Å². The van der Waals surface area contributed by atoms with Gasteiger partial charge in [0.05, 0.1) is 36.4 Å². The van der Waals surface area contributed by atoms with Gasteiger partial charge in [-0.25, -0.2) is 14.1 Å². The Labute approximate surface area is 323 Å². The predicted octanol–water partition coefficient (Wildman–Crippen LogP) is 4.58. The molecule has 4 rings (SSSR count). The van der Waals surface area contributed by atoms with Crippen molar-refractivity contribution in [1.82, 2.24) is 14.7 Å². The van der Waals surface area contributed by atoms with E-state index in [0.29, 0.717) is 22.8 Å². The lowest BCUT2D eigenvalue weighted by Gasteiger charge is -2.26. The Kier molecular flexibility index (Phi) is 20.0. The van der Waals surface area contributed by atoms with E-state index in [0.717, 1.165) is 71.7 Å². The largest absolute Gasteiger partial charge is 0.480 e. The average Bonchev–Trinajstić information content (AvgIpc) is 3.44. The summed E-state index contributed by atoms with van der Waals surface area (Å²) in [5.41, 5.74) is 3.32. The fourth-order valence-electron chi connectivity index (χ4n) is 4.76. The zero-order valence-corrected chi connectivity index (χ0v) is 33.6. The maximum atomic E-state index is 14.3. The van der Waals surface area contributed by atoms with Gasteiger partial charge in [-0.1, -0.05) is 43.6 Å². The molecule has 2 heterocycles. The van der Waals surface area contributed by atoms with Gasteiger partial charge >= 0.3 is 24.4 Å². The first-order valence-corrected chi connectivity index (χ1v) is 20.6. The minimum Gasteiger partial charge on any atom is -0.480 e. The van der Waals surface area contributed by atoms with E-state index in [-0.39, 0.29) is 39.9 Å². The Balaban J connectivity index is 0.000000304. The summed E-state index contributed by atoms with van der Waals surface area (Å²) in [6.07, 6.45) is 3.05. The number of aryl methyl sites for hydroxylation is 2. The molecule has 1 aliphatic rings. The molecule has 53 heavy (non-hydrogen) atoms. The molecule has 21 heteroatoms. The van der Waals surface area contributed by atoms with E-state index in [9.17, 15) is 28.1 Å². The topological polar surface area (TPSA) is 202 Å². The van der Waals surface area contributed by atoms with Crippen LogP contribution < -0.4 is 19.9 Å². The Morgan fingerprint density at radius 2 is 1.74 bits per heavy atom. The third kappa shape index (κ3) is 14.9. The number of aliphatic carboxylic acids is 1. The van der Waals surface area contributed by atoms with Crippen LogP contribution in [0.4, 0.5) is 15.8 Å². The Morgan fingerprint density at radius 1 is 1.11 bits per heavy atom. The summed E-state index contributed by atoms with van der Waals surface area (Å²) >= 11 is 13.8. The Hall–Kier alpha value is -3.06. The smallest absolute Gasteiger partial charge is 0.339 e. The molecule has 0 unspecified atom stereocenters. The third-order valence-electron chi connectivity index (χ3n) is 7.18. The lowest BCUT2D eigenvalue weighted by Crippen LogP contribution is -2.35. The molecule has 0 atom stereocenters. The van der Waals surface area contributed by atoms with Gasteiger partial charge in [-0.15, -0.1) is 23.4 Å². The molecule has 15 nitrogen and oxygen atoms in total. The standard InChI is InChI=1S/C15H15ClFN3O3S2.C14H20ClNO2.C3H8NO5P/c1-23-13(21)8-24-12-7-11(10(17)6-9(12)16)18-14-19-4-2-3-5-20(19)15(22)25-14;1-4-11-7-6-8-12(5-2)14(11)16(10-18-3)13(17)9-15;5-3(6)1-4-2-10(7,8)9/h6-7H,2-5,8H2,1H3;6-8H,4-5,9-10H2,1-3H3;4H,1-2H2,(H,5,6)(H2,7,8,9)/b18-14-;;. The quantitative estimate of drug-likeness (QED) is 0.0580. The number of carbonyl (C=O) groups excluding carboxylic acids is 2. The molecule has 0 saturated carbocycles. The van der Waals surface area contributed by atoms with Crippen molar-refractivity contribution in [2.75, 3.05) is 50.3 Å². The van der Waals surface area contributed by atoms with E-state index in [2.05, 4.69) is 28.9 Å². The van der Waals surface area contributed by atoms with Crippen LogP contribution in [0, 0.1) is 5.82 Å². The second-order valence-corrected chi connectivity index (χ2v) is 15.2. The molecule has 3 aromatic rings. The molecular formula is C32H43Cl2FN5O10PS2. The van der Waals surface area contributed by atoms with Crippen molar-refractivity contribution in [2.24, 2.45) is 4.99 Å². The van der Waals surface area contributed by atoms with Crippen LogP contribution in [0.3, 0.4) is 0 Å². The van der Waals surface area contributed by atoms with Crippen molar-refractivity contribution in [3.05, 3.63) is 66.8 Å². The van der Waals surface area contributed by atoms with Crippen LogP contribution in [0.2, 0.25) is 5.02 Å². The van der Waals surface area contributed by atoms with Crippen molar-refractivity contribution in [2.45, 2.75) is 57.5 Å². The molecule has 0 saturated heterocycles. The maximum absolute atomic E-state index is 14.3. The number of methoxy groups -OCH3 is 2. The number of carboxylic acids is 1. The zero-order valence-electron chi connectivity index (χ0n) is 29.6. The van der Waals surface area contributed by atoms with Crippen molar-refractivity contribution < 1.29 is 47.7 Å². The molecule has 294 valence electrons. The minimum absolute atomic E-state index is 0.0371. The number of fused-ring (bicyclic) bond motifs is 1. The molecule has 0 fully saturated rings. The predicted molar refractivity (Wildman–Crippen MR) is 203 cm³/mol. The normalized spacial score (nSPS) is 12.5. The first kappa shape index (κ1) is 46.1. The van der Waals surface area contributed by atoms with Gasteiger partial charge in [0.1, 0.15) is 24.1 Å². The fourth-order valence-corrected chi connectivity index (χ4v) is 7.30. The van der Waals surface area contributed by atoms with Crippen molar-refractivity contribution in [3.8, 4) is 0 Å². The highest BCUT2D eigenvalue weighted by Gasteiger charge is 2.20. The van der Waals surface area contributed by atoms with Gasteiger partial charge in [-0.05, 0) is 60.3 Å². The molecule has 0 spiro atoms. The summed E-state index contributed by atoms with van der Waals surface area (Å²) in [5.74, 6) is -2.24. The molecule has 1 aromatic heterocycles. The van der Waals surface area contributed by atoms with Crippen molar-refractivity contribution in [3.63, 3.8) is 0 Å². The highest BCUT2D eigenvalue weighted by molar-refractivity contribution is 8.00. The number of amides is 1. The molecule has 2 aromatic carbocycles. The lowest BCUT2D eigenvalue weighted by atomic mass is 10.0. The number of esters is 1. The van der Waals surface area contributed by atoms with Crippen LogP contribution in [-0.2, 0) is 54.4 Å². The monoisotopic (exact) mass is 841 g/mol. The summed E-state index contributed by atoms with van der Waals surface area (Å²) in [4.78, 5) is 68.2. The van der Waals surface area contributed by atoms with Gasteiger partial charge in [-0.2, -0.15) is 0 Å². The number of para-hydroxylation sites is 1. The number of hydrogen-bond acceptors (Lipinski definition) is 11. The number of thioether (sulfide) groups is 1. The van der Waals surface area contributed by atoms with E-state index < -0.39 is 38.2 Å². The molecule has 1 aliphatic heterocycles. The number of anilines is 1. The van der Waals surface area contributed by atoms with Gasteiger partial charge in [0.2, 0.25) is 10.7 Å². The van der Waals surface area contributed by atoms with Crippen LogP contribution in [0.15, 0.2) is 45.0 Å². The second-order valence-electron chi connectivity index (χ2n) is 11.0. The number of benzene rings is 2. The van der Waals surface area contributed by atoms with E-state index in [4.69, 9.17) is 42.8 Å². The number of aromatic nitrogens is 2. The number of nitrogens with zero attached hydrogens (tertiary/aromatic N) is 4. The number of halogens is 3. The van der Waals surface area contributed by atoms with Crippen LogP contribution in [0.5, 0.6) is 0 Å². The van der Waals surface area contributed by atoms with E-state index in [1.807, 2.05) is 18.2 Å². The van der Waals surface area contributed by atoms with Crippen LogP contribution in [-0.4, -0.2) is 87.5 Å². The summed E-state index contributed by atoms with van der Waals surface area (Å²) in [5, 5.41) is 10.3.